The van der Waals surface area contributed by atoms with Crippen LogP contribution in [0.3, 0.4) is 0 Å². The van der Waals surface area contributed by atoms with Crippen molar-refractivity contribution in [1.29, 1.82) is 0 Å². The molecule has 2 amide bonds. The van der Waals surface area contributed by atoms with Gasteiger partial charge in [0.25, 0.3) is 0 Å². The molecule has 0 aliphatic carbocycles. The van der Waals surface area contributed by atoms with Crippen molar-refractivity contribution >= 4 is 23.5 Å². The Hall–Kier alpha value is -3.55. The van der Waals surface area contributed by atoms with Crippen LogP contribution in [0.2, 0.25) is 0 Å². The molecule has 30 heavy (non-hydrogen) atoms. The molecule has 8 nitrogen and oxygen atoms in total. The Morgan fingerprint density at radius 3 is 2.23 bits per heavy atom. The predicted octanol–water partition coefficient (Wildman–Crippen LogP) is 1.31. The zero-order valence-electron chi connectivity index (χ0n) is 17.1. The number of aromatic hydroxyl groups is 1. The number of phenolic OH excluding ortho intramolecular Hbond substituents is 1. The third-order valence-electron chi connectivity index (χ3n) is 4.65. The number of benzene rings is 2. The van der Waals surface area contributed by atoms with Crippen molar-refractivity contribution in [2.75, 3.05) is 19.4 Å². The van der Waals surface area contributed by atoms with Crippen LogP contribution in [0.15, 0.2) is 48.5 Å². The van der Waals surface area contributed by atoms with Gasteiger partial charge in [0.1, 0.15) is 17.8 Å². The number of amides is 2. The number of carbonyl (C=O) groups excluding carboxylic acids is 3. The number of methoxy groups -OCH3 is 1. The highest BCUT2D eigenvalue weighted by Crippen LogP contribution is 2.18. The Labute approximate surface area is 175 Å². The third kappa shape index (κ3) is 6.80. The highest BCUT2D eigenvalue weighted by molar-refractivity contribution is 5.93. The lowest BCUT2D eigenvalue weighted by Crippen LogP contribution is -2.58. The van der Waals surface area contributed by atoms with Crippen molar-refractivity contribution in [3.05, 3.63) is 59.7 Å². The molecule has 2 aromatic carbocycles. The third-order valence-corrected chi connectivity index (χ3v) is 4.65. The quantitative estimate of drug-likeness (QED) is 0.362. The van der Waals surface area contributed by atoms with Gasteiger partial charge in [-0.25, -0.2) is 0 Å². The van der Waals surface area contributed by atoms with Gasteiger partial charge in [0, 0.05) is 18.5 Å². The maximum atomic E-state index is 12.8. The second-order valence-electron chi connectivity index (χ2n) is 7.22. The highest BCUT2D eigenvalue weighted by atomic mass is 16.5. The summed E-state index contributed by atoms with van der Waals surface area (Å²) in [4.78, 5) is 36.8. The molecule has 0 saturated heterocycles. The maximum Gasteiger partial charge on any atom is 0.325 e. The minimum Gasteiger partial charge on any atom is -0.508 e. The monoisotopic (exact) mass is 413 g/mol. The maximum absolute atomic E-state index is 12.8. The summed E-state index contributed by atoms with van der Waals surface area (Å²) in [6.07, 6.45) is 0.846. The van der Waals surface area contributed by atoms with Gasteiger partial charge in [-0.3, -0.25) is 14.4 Å². The first kappa shape index (κ1) is 22.7. The summed E-state index contributed by atoms with van der Waals surface area (Å²) in [6.45, 7) is 1.29. The number of nitrogen functional groups attached to an aromatic ring is 1. The van der Waals surface area contributed by atoms with Crippen LogP contribution in [0, 0.1) is 0 Å². The zero-order chi connectivity index (χ0) is 22.1. The lowest BCUT2D eigenvalue weighted by Gasteiger charge is -2.30. The number of aryl methyl sites for hydroxylation is 1. The number of nitrogens with two attached hydrogens (primary N) is 1. The smallest absolute Gasteiger partial charge is 0.325 e. The number of ether oxygens (including phenoxy) is 1. The molecular weight excluding hydrogens is 386 g/mol. The summed E-state index contributed by atoms with van der Waals surface area (Å²) < 4.78 is 4.54. The van der Waals surface area contributed by atoms with Gasteiger partial charge in [0.2, 0.25) is 11.8 Å². The van der Waals surface area contributed by atoms with E-state index in [1.54, 1.807) is 31.2 Å². The fourth-order valence-corrected chi connectivity index (χ4v) is 2.94. The molecule has 8 heteroatoms. The Kier molecular flexibility index (Phi) is 7.80. The summed E-state index contributed by atoms with van der Waals surface area (Å²) in [7, 11) is 1.23. The van der Waals surface area contributed by atoms with E-state index in [0.717, 1.165) is 11.1 Å². The number of hydrogen-bond donors (Lipinski definition) is 4. The number of rotatable bonds is 9. The van der Waals surface area contributed by atoms with Crippen LogP contribution >= 0.6 is 0 Å². The van der Waals surface area contributed by atoms with Gasteiger partial charge in [0.15, 0.2) is 0 Å². The predicted molar refractivity (Wildman–Crippen MR) is 113 cm³/mol. The molecule has 0 aliphatic rings. The Bertz CT molecular complexity index is 881. The highest BCUT2D eigenvalue weighted by Gasteiger charge is 2.35. The van der Waals surface area contributed by atoms with E-state index in [-0.39, 0.29) is 31.0 Å². The number of nitrogens with one attached hydrogen (secondary N) is 2. The van der Waals surface area contributed by atoms with Crippen LogP contribution in [0.25, 0.3) is 0 Å². The van der Waals surface area contributed by atoms with Crippen molar-refractivity contribution < 1.29 is 24.2 Å². The Balaban J connectivity index is 2.09. The summed E-state index contributed by atoms with van der Waals surface area (Å²) in [5.74, 6) is -1.31. The van der Waals surface area contributed by atoms with Crippen LogP contribution in [-0.2, 0) is 32.0 Å². The zero-order valence-corrected chi connectivity index (χ0v) is 17.1. The average Bonchev–Trinajstić information content (AvgIpc) is 2.72. The van der Waals surface area contributed by atoms with Gasteiger partial charge in [-0.05, 0) is 48.7 Å². The molecule has 2 rings (SSSR count). The number of phenols is 1. The van der Waals surface area contributed by atoms with E-state index >= 15 is 0 Å². The molecule has 0 aliphatic heterocycles. The van der Waals surface area contributed by atoms with Crippen LogP contribution in [0.5, 0.6) is 5.75 Å². The van der Waals surface area contributed by atoms with E-state index in [4.69, 9.17) is 5.73 Å². The van der Waals surface area contributed by atoms with Gasteiger partial charge >= 0.3 is 5.97 Å². The summed E-state index contributed by atoms with van der Waals surface area (Å²) >= 11 is 0. The van der Waals surface area contributed by atoms with E-state index in [9.17, 15) is 19.5 Å². The van der Waals surface area contributed by atoms with Gasteiger partial charge in [0.05, 0.1) is 7.11 Å². The van der Waals surface area contributed by atoms with Gasteiger partial charge in [-0.1, -0.05) is 24.3 Å². The van der Waals surface area contributed by atoms with E-state index in [1.165, 1.54) is 19.2 Å². The molecule has 2 aromatic rings. The first-order valence-electron chi connectivity index (χ1n) is 9.50. The minimum atomic E-state index is -1.30. The van der Waals surface area contributed by atoms with Crippen molar-refractivity contribution in [3.63, 3.8) is 0 Å². The summed E-state index contributed by atoms with van der Waals surface area (Å²) in [5.41, 5.74) is 6.70. The van der Waals surface area contributed by atoms with Crippen LogP contribution in [0.1, 0.15) is 24.5 Å². The molecule has 5 N–H and O–H groups in total. The van der Waals surface area contributed by atoms with Crippen molar-refractivity contribution in [1.82, 2.24) is 10.6 Å². The van der Waals surface area contributed by atoms with Crippen molar-refractivity contribution in [2.45, 2.75) is 31.7 Å². The van der Waals surface area contributed by atoms with E-state index < -0.39 is 17.4 Å². The van der Waals surface area contributed by atoms with Crippen LogP contribution in [0.4, 0.5) is 5.69 Å². The second-order valence-corrected chi connectivity index (χ2v) is 7.22. The molecule has 160 valence electrons. The fraction of sp³-hybridized carbons (Fsp3) is 0.318. The van der Waals surface area contributed by atoms with Gasteiger partial charge < -0.3 is 26.2 Å². The molecule has 0 heterocycles. The SMILES string of the molecule is COC(=O)CNC(=O)[C@](C)(Cc1ccc(O)cc1)NC(=O)CCc1ccc(N)cc1. The van der Waals surface area contributed by atoms with Crippen LogP contribution < -0.4 is 16.4 Å². The van der Waals surface area contributed by atoms with Crippen molar-refractivity contribution in [3.8, 4) is 5.75 Å². The topological polar surface area (TPSA) is 131 Å². The van der Waals surface area contributed by atoms with Gasteiger partial charge in [-0.2, -0.15) is 0 Å². The molecule has 0 radical (unpaired) electrons. The fourth-order valence-electron chi connectivity index (χ4n) is 2.94. The molecule has 1 atom stereocenters. The first-order valence-corrected chi connectivity index (χ1v) is 9.50. The number of anilines is 1. The lowest BCUT2D eigenvalue weighted by molar-refractivity contribution is -0.142. The Morgan fingerprint density at radius 1 is 1.03 bits per heavy atom. The molecule has 0 spiro atoms. The summed E-state index contributed by atoms with van der Waals surface area (Å²) in [5, 5.41) is 14.8. The van der Waals surface area contributed by atoms with Crippen molar-refractivity contribution in [2.24, 2.45) is 0 Å². The molecular formula is C22H27N3O5. The molecule has 0 bridgehead atoms. The molecule has 0 fully saturated rings. The van der Waals surface area contributed by atoms with Gasteiger partial charge in [-0.15, -0.1) is 0 Å². The normalized spacial score (nSPS) is 12.5. The Morgan fingerprint density at radius 2 is 1.63 bits per heavy atom. The minimum absolute atomic E-state index is 0.100. The standard InChI is InChI=1S/C22H27N3O5/c1-22(21(29)24-14-20(28)30-2,13-16-5-10-18(26)11-6-16)25-19(27)12-7-15-3-8-17(23)9-4-15/h3-6,8-11,26H,7,12-14,23H2,1-2H3,(H,24,29)(H,25,27)/t22-/m0/s1. The first-order chi connectivity index (χ1) is 14.2. The molecule has 0 saturated carbocycles. The second kappa shape index (κ2) is 10.3. The van der Waals surface area contributed by atoms with E-state index in [0.29, 0.717) is 12.1 Å². The lowest BCUT2D eigenvalue weighted by atomic mass is 9.91. The molecule has 0 unspecified atom stereocenters. The van der Waals surface area contributed by atoms with E-state index in [2.05, 4.69) is 15.4 Å². The number of hydrogen-bond acceptors (Lipinski definition) is 6. The summed E-state index contributed by atoms with van der Waals surface area (Å²) in [6, 6.07) is 13.6. The van der Waals surface area contributed by atoms with E-state index in [1.807, 2.05) is 12.1 Å². The number of carbonyl (C=O) groups is 3. The van der Waals surface area contributed by atoms with Crippen LogP contribution in [-0.4, -0.2) is 42.1 Å². The molecule has 0 aromatic heterocycles. The largest absolute Gasteiger partial charge is 0.508 e. The average molecular weight is 413 g/mol. The number of esters is 1.